The zero-order valence-corrected chi connectivity index (χ0v) is 54.2. The molecule has 3 rings (SSSR count). The summed E-state index contributed by atoms with van der Waals surface area (Å²) in [5.41, 5.74) is 28.5. The van der Waals surface area contributed by atoms with Crippen LogP contribution >= 0.6 is 0 Å². The van der Waals surface area contributed by atoms with Crippen LogP contribution in [0.4, 0.5) is 0 Å². The molecule has 1 heterocycles. The van der Waals surface area contributed by atoms with E-state index in [9.17, 15) is 5.53 Å². The number of nitrogens with zero attached hydrogens (tertiary/aromatic N) is 2. The number of benzene rings is 2. The van der Waals surface area contributed by atoms with Crippen molar-refractivity contribution >= 4 is 11.4 Å². The fourth-order valence-electron chi connectivity index (χ4n) is 12.0. The van der Waals surface area contributed by atoms with Gasteiger partial charge >= 0.3 is 16.5 Å². The van der Waals surface area contributed by atoms with E-state index in [1.165, 1.54) is 286 Å². The molecule has 0 bridgehead atoms. The van der Waals surface area contributed by atoms with E-state index in [0.717, 1.165) is 43.5 Å². The van der Waals surface area contributed by atoms with E-state index in [2.05, 4.69) is 92.7 Å². The Kier molecular flexibility index (Phi) is 52.0. The average Bonchev–Trinajstić information content (AvgIpc) is 3.79. The van der Waals surface area contributed by atoms with E-state index in [0.29, 0.717) is 0 Å². The number of hydrogen-bond acceptors (Lipinski definition) is 0. The molecule has 0 aromatic heterocycles. The first-order valence-electron chi connectivity index (χ1n) is 34.1. The molecule has 1 aliphatic heterocycles. The molecule has 0 N–H and O–H groups in total. The summed E-state index contributed by atoms with van der Waals surface area (Å²) in [7, 11) is 0. The summed E-state index contributed by atoms with van der Waals surface area (Å²) in [5.74, 6) is 0. The van der Waals surface area contributed by atoms with E-state index in [1.54, 1.807) is 51.9 Å². The van der Waals surface area contributed by atoms with Gasteiger partial charge in [-0.2, -0.15) is 13.8 Å². The monoisotopic (exact) mass is 1100 g/mol. The minimum atomic E-state index is 0. The molecular weight excluding hydrogens is 976 g/mol. The second kappa shape index (κ2) is 53.3. The Bertz CT molecular complexity index is 1680. The topological polar surface area (TPSA) is 25.3 Å². The fraction of sp³-hybridized carbons (Fsp3) is 0.757. The van der Waals surface area contributed by atoms with Crippen LogP contribution in [0.5, 0.6) is 0 Å². The first kappa shape index (κ1) is 75.0. The van der Waals surface area contributed by atoms with E-state index in [1.807, 2.05) is 0 Å². The van der Waals surface area contributed by atoms with E-state index in [-0.39, 0.29) is 16.5 Å². The van der Waals surface area contributed by atoms with Gasteiger partial charge in [0.2, 0.25) is 11.4 Å². The van der Waals surface area contributed by atoms with Crippen LogP contribution in [0.1, 0.15) is 370 Å². The third-order valence-electron chi connectivity index (χ3n) is 16.6. The van der Waals surface area contributed by atoms with Crippen molar-refractivity contribution in [3.05, 3.63) is 99.8 Å². The Morgan fingerprint density at radius 2 is 0.519 bits per heavy atom. The zero-order chi connectivity index (χ0) is 55.7. The van der Waals surface area contributed by atoms with Crippen LogP contribution in [-0.4, -0.2) is 4.70 Å². The molecule has 0 saturated heterocycles. The molecule has 0 amide bonds. The zero-order valence-electron chi connectivity index (χ0n) is 53.2. The molecular formula is C74H130N2Ni. The van der Waals surface area contributed by atoms with Crippen LogP contribution in [0.15, 0.2) is 35.9 Å². The molecule has 2 nitrogen and oxygen atoms in total. The second-order valence-electron chi connectivity index (χ2n) is 23.2. The average molecular weight is 1110 g/mol. The van der Waals surface area contributed by atoms with Crippen molar-refractivity contribution in [2.24, 2.45) is 0 Å². The van der Waals surface area contributed by atoms with Crippen LogP contribution in [0, 0.1) is 13.8 Å². The minimum Gasteiger partial charge on any atom is -0.493 e. The summed E-state index contributed by atoms with van der Waals surface area (Å²) in [4.78, 5) is 0. The van der Waals surface area contributed by atoms with Crippen LogP contribution < -0.4 is 0 Å². The number of allylic oxidation sites excluding steroid dienone is 2. The summed E-state index contributed by atoms with van der Waals surface area (Å²) in [5, 5.41) is 0. The van der Waals surface area contributed by atoms with Crippen LogP contribution in [0.3, 0.4) is 0 Å². The third kappa shape index (κ3) is 32.9. The summed E-state index contributed by atoms with van der Waals surface area (Å²) in [6, 6.07) is 10.2. The smallest absolute Gasteiger partial charge is 0.493 e. The van der Waals surface area contributed by atoms with Gasteiger partial charge < -0.3 is 19.4 Å². The molecule has 0 spiro atoms. The first-order valence-corrected chi connectivity index (χ1v) is 34.1. The van der Waals surface area contributed by atoms with Gasteiger partial charge in [0.05, 0.1) is 0 Å². The molecule has 0 fully saturated rings. The van der Waals surface area contributed by atoms with Gasteiger partial charge in [-0.15, -0.1) is 0 Å². The first-order chi connectivity index (χ1) is 37.5. The number of aryl methyl sites for hydroxylation is 4. The van der Waals surface area contributed by atoms with Crippen LogP contribution in [0.2, 0.25) is 0 Å². The van der Waals surface area contributed by atoms with Gasteiger partial charge in [0.1, 0.15) is 0 Å². The summed E-state index contributed by atoms with van der Waals surface area (Å²) < 4.78 is 1.70. The molecule has 0 unspecified atom stereocenters. The Morgan fingerprint density at radius 3 is 0.805 bits per heavy atom. The molecule has 2 aromatic carbocycles. The number of hydrogen-bond donors (Lipinski definition) is 0. The van der Waals surface area contributed by atoms with Gasteiger partial charge in [0.15, 0.2) is 0 Å². The molecule has 2 aromatic rings. The van der Waals surface area contributed by atoms with Gasteiger partial charge in [-0.1, -0.05) is 260 Å². The Labute approximate surface area is 493 Å². The van der Waals surface area contributed by atoms with Gasteiger partial charge in [-0.05, 0) is 148 Å². The van der Waals surface area contributed by atoms with Crippen molar-refractivity contribution in [2.45, 2.75) is 364 Å². The largest absolute Gasteiger partial charge is 2.00 e. The molecule has 0 radical (unpaired) electrons. The molecule has 3 heteroatoms. The normalized spacial score (nSPS) is 12.1. The summed E-state index contributed by atoms with van der Waals surface area (Å²) in [6.07, 6.45) is 64.0. The van der Waals surface area contributed by atoms with Gasteiger partial charge in [0.25, 0.3) is 0 Å². The van der Waals surface area contributed by atoms with Crippen molar-refractivity contribution in [3.8, 4) is 0 Å². The summed E-state index contributed by atoms with van der Waals surface area (Å²) in [6.45, 7) is 26.4. The number of rotatable bonds is 49. The molecule has 0 saturated carbocycles. The third-order valence-corrected chi connectivity index (χ3v) is 16.6. The van der Waals surface area contributed by atoms with Crippen molar-refractivity contribution < 1.29 is 21.2 Å². The molecule has 0 atom stereocenters. The van der Waals surface area contributed by atoms with Crippen LogP contribution in [0.25, 0.3) is 16.9 Å². The van der Waals surface area contributed by atoms with Crippen molar-refractivity contribution in [2.75, 3.05) is 0 Å². The predicted molar refractivity (Wildman–Crippen MR) is 345 cm³/mol. The summed E-state index contributed by atoms with van der Waals surface area (Å²) >= 11 is 0. The number of unbranched alkanes of at least 4 members (excludes halogenated alkanes) is 33. The van der Waals surface area contributed by atoms with E-state index in [4.69, 9.17) is 0 Å². The molecule has 0 aliphatic carbocycles. The Hall–Kier alpha value is -1.99. The van der Waals surface area contributed by atoms with Crippen molar-refractivity contribution in [1.82, 2.24) is 0 Å². The quantitative estimate of drug-likeness (QED) is 0.0273. The van der Waals surface area contributed by atoms with Crippen molar-refractivity contribution in [3.63, 3.8) is 0 Å². The molecule has 446 valence electrons. The van der Waals surface area contributed by atoms with Crippen LogP contribution in [-0.2, 0) is 55.0 Å². The maximum absolute atomic E-state index is 12.9. The molecule has 1 aliphatic rings. The SMILES string of the molecule is CCCCCCCCCCCCCCCCCCC1=C(c2cc(CCCCC)c(CCCCCCCC)c(CCCCC)c2)[N+](=[N-])C(c2cc(CCCCC)c(CCCCCCCC)c(CCCCC)c2)=C1.[CH2-]C.[CH2-]C.[Ni+2]. The van der Waals surface area contributed by atoms with Gasteiger partial charge in [-0.25, -0.2) is 4.70 Å². The van der Waals surface area contributed by atoms with Gasteiger partial charge in [0, 0.05) is 22.8 Å². The second-order valence-corrected chi connectivity index (χ2v) is 23.2. The van der Waals surface area contributed by atoms with E-state index >= 15 is 0 Å². The van der Waals surface area contributed by atoms with Crippen molar-refractivity contribution in [1.29, 1.82) is 0 Å². The predicted octanol–water partition coefficient (Wildman–Crippen LogP) is 25.6. The Morgan fingerprint density at radius 1 is 0.299 bits per heavy atom. The maximum Gasteiger partial charge on any atom is 2.00 e. The van der Waals surface area contributed by atoms with Gasteiger partial charge in [-0.3, -0.25) is 0 Å². The fourth-order valence-corrected chi connectivity index (χ4v) is 12.0. The standard InChI is InChI=1S/C70H120N2.2C2H5.Ni/c1-8-15-22-25-28-29-30-31-32-33-34-35-36-37-38-45-52-64-59-69(65-55-60(48-41-18-11-4)67(53-46-39-26-23-16-9-2)61(56-65)49-42-19-12-5)72(71)70(64)66-57-62(50-43-20-13-6)68(54-47-40-27-24-17-10-3)63(58-66)51-44-21-14-7;2*1-2;/h55-59H,8-54H2,1-7H3;2*1H2,2H3;/q;2*-1;+2. The Balaban J connectivity index is 0.0000113. The molecule has 77 heavy (non-hydrogen) atoms. The minimum absolute atomic E-state index is 0. The van der Waals surface area contributed by atoms with E-state index < -0.39 is 0 Å². The maximum atomic E-state index is 12.9.